The van der Waals surface area contributed by atoms with Crippen LogP contribution in [-0.4, -0.2) is 79.7 Å². The normalized spacial score (nSPS) is 15.2. The van der Waals surface area contributed by atoms with Gasteiger partial charge in [-0.3, -0.25) is 42.9 Å². The third-order valence-corrected chi connectivity index (χ3v) is 11.0. The lowest BCUT2D eigenvalue weighted by atomic mass is 9.87. The first kappa shape index (κ1) is 46.7. The number of aliphatic hydroxyl groups is 2. The predicted octanol–water partition coefficient (Wildman–Crippen LogP) is 7.28. The number of aromatic hydroxyl groups is 2. The van der Waals surface area contributed by atoms with Gasteiger partial charge in [0.2, 0.25) is 46.3 Å². The molecule has 0 radical (unpaired) electrons. The summed E-state index contributed by atoms with van der Waals surface area (Å²) in [6.45, 7) is 3.81. The zero-order valence-corrected chi connectivity index (χ0v) is 34.8. The molecule has 0 aliphatic heterocycles. The fourth-order valence-electron chi connectivity index (χ4n) is 6.18. The molecule has 4 aromatic carbocycles. The highest BCUT2D eigenvalue weighted by atomic mass is 35.5. The number of carbonyl (C=O) groups excluding carboxylic acids is 8. The van der Waals surface area contributed by atoms with E-state index in [9.17, 15) is 67.2 Å². The zero-order chi connectivity index (χ0) is 46.7. The molecule has 18 heteroatoms. The lowest BCUT2D eigenvalue weighted by molar-refractivity contribution is -0.112. The number of carbonyl (C=O) groups is 8. The number of ketones is 8. The molecule has 0 amide bonds. The molecule has 0 saturated heterocycles. The monoisotopic (exact) mass is 912 g/mol. The molecule has 0 atom stereocenters. The predicted molar refractivity (Wildman–Crippen MR) is 228 cm³/mol. The van der Waals surface area contributed by atoms with E-state index >= 15 is 0 Å². The van der Waals surface area contributed by atoms with Gasteiger partial charge in [0.1, 0.15) is 38.0 Å². The highest BCUT2D eigenvalue weighted by Gasteiger charge is 2.36. The molecule has 0 saturated carbocycles. The van der Waals surface area contributed by atoms with E-state index < -0.39 is 82.9 Å². The van der Waals surface area contributed by atoms with Gasteiger partial charge in [0.25, 0.3) is 10.1 Å². The number of aliphatic hydroxyl groups excluding tert-OH is 2. The van der Waals surface area contributed by atoms with Gasteiger partial charge in [-0.25, -0.2) is 0 Å². The molecule has 15 nitrogen and oxygen atoms in total. The van der Waals surface area contributed by atoms with E-state index in [1.165, 1.54) is 30.3 Å². The van der Waals surface area contributed by atoms with Crippen LogP contribution in [0.2, 0.25) is 0 Å². The Bertz CT molecular complexity index is 2970. The first-order chi connectivity index (χ1) is 29.6. The van der Waals surface area contributed by atoms with Crippen molar-refractivity contribution in [3.63, 3.8) is 0 Å². The van der Waals surface area contributed by atoms with Crippen molar-refractivity contribution in [3.05, 3.63) is 169 Å². The molecule has 0 fully saturated rings. The van der Waals surface area contributed by atoms with Gasteiger partial charge in [-0.15, -0.1) is 0 Å². The van der Waals surface area contributed by atoms with Crippen molar-refractivity contribution in [2.45, 2.75) is 20.3 Å². The first-order valence-electron chi connectivity index (χ1n) is 18.0. The maximum absolute atomic E-state index is 11.9. The van der Waals surface area contributed by atoms with Crippen molar-refractivity contribution in [3.8, 4) is 11.5 Å². The van der Waals surface area contributed by atoms with Crippen molar-refractivity contribution >= 4 is 96.0 Å². The van der Waals surface area contributed by atoms with Gasteiger partial charge in [0.15, 0.2) is 0 Å². The van der Waals surface area contributed by atoms with Crippen LogP contribution < -0.4 is 0 Å². The largest absolute Gasteiger partial charge is 0.507 e. The van der Waals surface area contributed by atoms with Crippen LogP contribution in [0.3, 0.4) is 0 Å². The summed E-state index contributed by atoms with van der Waals surface area (Å²) < 4.78 is 31.0. The molecule has 0 heterocycles. The molecule has 320 valence electrons. The quantitative estimate of drug-likeness (QED) is 0.0585. The van der Waals surface area contributed by atoms with Crippen LogP contribution in [0.5, 0.6) is 11.5 Å². The minimum atomic E-state index is -4.51. The van der Waals surface area contributed by atoms with Crippen LogP contribution in [0, 0.1) is 0 Å². The second-order valence-corrected chi connectivity index (χ2v) is 15.8. The summed E-state index contributed by atoms with van der Waals surface area (Å²) in [5, 5.41) is 37.4. The van der Waals surface area contributed by atoms with Gasteiger partial charge in [0, 0.05) is 51.1 Å². The Morgan fingerprint density at radius 2 is 0.921 bits per heavy atom. The number of hydrogen-bond acceptors (Lipinski definition) is 14. The lowest BCUT2D eigenvalue weighted by Gasteiger charge is -2.16. The number of hydrogen-bond donors (Lipinski definition) is 5. The Balaban J connectivity index is 0.000000159. The van der Waals surface area contributed by atoms with Gasteiger partial charge >= 0.3 is 0 Å². The standard InChI is InChI=1S/C15H14O3.C10H4Cl2O4.C10H6O5S.C10H6O3/c1-9(2)7-8-12-13(16)10-5-3-4-6-11(10)14(17)15(12)18;11-7-8(12)10(16)6-4(14)2-1-3(13)5(6)9(7)15;11-8-5-9(16(13,14)15)6-3-1-2-4-7(6)10(8)12;11-8-5-9(12)10(13)7-4-2-1-3-6(7)8/h3-7,16H,8H2,1-2H3;1-2,13-14H;1-5H,(H,13,14,15);1-5,11H. The molecule has 5 N–H and O–H groups in total. The maximum atomic E-state index is 11.9. The first-order valence-corrected chi connectivity index (χ1v) is 20.2. The molecule has 0 aromatic heterocycles. The molecule has 4 aromatic rings. The second-order valence-electron chi connectivity index (χ2n) is 13.6. The van der Waals surface area contributed by atoms with Crippen molar-refractivity contribution in [1.29, 1.82) is 0 Å². The number of fused-ring (bicyclic) bond motifs is 4. The topological polar surface area (TPSA) is 272 Å². The summed E-state index contributed by atoms with van der Waals surface area (Å²) in [6.07, 6.45) is 3.70. The van der Waals surface area contributed by atoms with Crippen LogP contribution in [0.25, 0.3) is 16.4 Å². The molecule has 63 heavy (non-hydrogen) atoms. The van der Waals surface area contributed by atoms with Crippen LogP contribution in [0.1, 0.15) is 88.7 Å². The Kier molecular flexibility index (Phi) is 13.9. The lowest BCUT2D eigenvalue weighted by Crippen LogP contribution is -2.23. The average Bonchev–Trinajstić information content (AvgIpc) is 3.25. The van der Waals surface area contributed by atoms with E-state index in [-0.39, 0.29) is 56.9 Å². The molecular formula is C45H30Cl2O15S. The van der Waals surface area contributed by atoms with E-state index in [0.29, 0.717) is 17.2 Å². The summed E-state index contributed by atoms with van der Waals surface area (Å²) in [7, 11) is -4.51. The van der Waals surface area contributed by atoms with Gasteiger partial charge in [-0.1, -0.05) is 108 Å². The Morgan fingerprint density at radius 1 is 0.524 bits per heavy atom. The molecule has 0 bridgehead atoms. The fraction of sp³-hybridized carbons (Fsp3) is 0.0667. The maximum Gasteiger partial charge on any atom is 0.295 e. The Labute approximate surface area is 367 Å². The minimum Gasteiger partial charge on any atom is -0.507 e. The van der Waals surface area contributed by atoms with E-state index in [2.05, 4.69) is 0 Å². The number of phenolic OH excluding ortho intramolecular Hbond substituents is 2. The molecule has 4 aliphatic rings. The summed E-state index contributed by atoms with van der Waals surface area (Å²) in [4.78, 5) is 91.4. The number of allylic oxidation sites excluding steroid dienone is 7. The SMILES string of the molecule is CC(C)=CCC1=C(O)c2ccccc2C(=O)C1=O.O=C1C(Cl)=C(Cl)C(=O)c2c(O)ccc(O)c21.O=C1C=C(O)c2ccccc2C1=O.O=C1C=C(S(=O)(=O)O)c2ccccc2C1=O. The van der Waals surface area contributed by atoms with Crippen LogP contribution in [0.4, 0.5) is 0 Å². The summed E-state index contributed by atoms with van der Waals surface area (Å²) in [5.74, 6) is -6.73. The number of Topliss-reactive ketones (excluding diaryl/α,β-unsaturated/α-hetero) is 6. The number of benzene rings is 4. The van der Waals surface area contributed by atoms with E-state index in [0.717, 1.165) is 23.8 Å². The molecule has 0 unspecified atom stereocenters. The summed E-state index contributed by atoms with van der Waals surface area (Å²) >= 11 is 11.1. The van der Waals surface area contributed by atoms with Gasteiger partial charge in [-0.2, -0.15) is 8.42 Å². The Morgan fingerprint density at radius 3 is 1.38 bits per heavy atom. The third kappa shape index (κ3) is 9.59. The van der Waals surface area contributed by atoms with Crippen LogP contribution >= 0.6 is 23.2 Å². The highest BCUT2D eigenvalue weighted by Crippen LogP contribution is 2.39. The van der Waals surface area contributed by atoms with Crippen LogP contribution in [-0.2, 0) is 24.5 Å². The van der Waals surface area contributed by atoms with Crippen molar-refractivity contribution in [1.82, 2.24) is 0 Å². The van der Waals surface area contributed by atoms with Gasteiger partial charge in [0.05, 0.1) is 11.1 Å². The smallest absolute Gasteiger partial charge is 0.295 e. The second kappa shape index (κ2) is 18.7. The van der Waals surface area contributed by atoms with E-state index in [1.54, 1.807) is 42.5 Å². The molecule has 4 aliphatic carbocycles. The minimum absolute atomic E-state index is 0.0115. The average molecular weight is 914 g/mol. The van der Waals surface area contributed by atoms with Crippen molar-refractivity contribution < 1.29 is 71.8 Å². The summed E-state index contributed by atoms with van der Waals surface area (Å²) in [5.41, 5.74) is 2.03. The Hall–Kier alpha value is -7.37. The molecule has 0 spiro atoms. The number of rotatable bonds is 3. The van der Waals surface area contributed by atoms with E-state index in [1.807, 2.05) is 19.9 Å². The van der Waals surface area contributed by atoms with Gasteiger partial charge in [-0.05, 0) is 32.4 Å². The van der Waals surface area contributed by atoms with E-state index in [4.69, 9.17) is 27.8 Å². The zero-order valence-electron chi connectivity index (χ0n) is 32.5. The van der Waals surface area contributed by atoms with Gasteiger partial charge < -0.3 is 20.4 Å². The highest BCUT2D eigenvalue weighted by molar-refractivity contribution is 7.95. The molecule has 8 rings (SSSR count). The number of phenols is 2. The van der Waals surface area contributed by atoms with Crippen molar-refractivity contribution in [2.24, 2.45) is 0 Å². The van der Waals surface area contributed by atoms with Crippen LogP contribution in [0.15, 0.2) is 124 Å². The molecular weight excluding hydrogens is 883 g/mol. The fourth-order valence-corrected chi connectivity index (χ4v) is 7.25. The summed E-state index contributed by atoms with van der Waals surface area (Å²) in [6, 6.07) is 21.0. The third-order valence-electron chi connectivity index (χ3n) is 9.25. The van der Waals surface area contributed by atoms with Crippen molar-refractivity contribution in [2.75, 3.05) is 0 Å². The number of halogens is 2.